The molecule has 14 atom stereocenters. The predicted octanol–water partition coefficient (Wildman–Crippen LogP) is 13.4. The van der Waals surface area contributed by atoms with Crippen LogP contribution in [-0.4, -0.2) is 0 Å². The SMILES string of the molecule is CCC(C)(CC)C1CC(C(C)(CC)CC)CC2(C1)C1CCC3CCCCC3C1C1C3CC4C5CCCCC5CCC4C3CCC12. The van der Waals surface area contributed by atoms with Gasteiger partial charge in [0.2, 0.25) is 0 Å². The van der Waals surface area contributed by atoms with Crippen LogP contribution in [0.15, 0.2) is 0 Å². The maximum Gasteiger partial charge on any atom is -0.0230 e. The lowest BCUT2D eigenvalue weighted by molar-refractivity contribution is -0.0909. The van der Waals surface area contributed by atoms with Crippen molar-refractivity contribution in [2.45, 2.75) is 183 Å². The average Bonchev–Trinajstić information content (AvgIpc) is 3.61. The highest BCUT2D eigenvalue weighted by atomic mass is 14.7. The van der Waals surface area contributed by atoms with Crippen LogP contribution in [0.1, 0.15) is 183 Å². The fraction of sp³-hybridized carbons (Fsp3) is 1.00. The van der Waals surface area contributed by atoms with Crippen molar-refractivity contribution in [3.05, 3.63) is 0 Å². The molecule has 0 heteroatoms. The van der Waals surface area contributed by atoms with E-state index in [1.165, 1.54) is 25.7 Å². The van der Waals surface area contributed by atoms with E-state index < -0.39 is 0 Å². The van der Waals surface area contributed by atoms with E-state index in [0.717, 1.165) is 82.9 Å². The van der Waals surface area contributed by atoms with Gasteiger partial charge in [0.15, 0.2) is 0 Å². The van der Waals surface area contributed by atoms with Crippen molar-refractivity contribution in [3.8, 4) is 0 Å². The van der Waals surface area contributed by atoms with Gasteiger partial charge in [0.25, 0.3) is 0 Å². The Morgan fingerprint density at radius 2 is 0.911 bits per heavy atom. The Balaban J connectivity index is 1.21. The molecule has 0 N–H and O–H groups in total. The van der Waals surface area contributed by atoms with E-state index in [2.05, 4.69) is 41.5 Å². The molecule has 0 saturated heterocycles. The summed E-state index contributed by atoms with van der Waals surface area (Å²) in [6.07, 6.45) is 34.6. The molecular weight excluding hydrogens is 540 g/mol. The molecule has 0 heterocycles. The van der Waals surface area contributed by atoms with Gasteiger partial charge in [0.1, 0.15) is 0 Å². The predicted molar refractivity (Wildman–Crippen MR) is 192 cm³/mol. The molecule has 0 amide bonds. The molecule has 0 nitrogen and oxygen atoms in total. The first-order valence-corrected chi connectivity index (χ1v) is 21.8. The molecule has 8 saturated carbocycles. The molecule has 0 bridgehead atoms. The summed E-state index contributed by atoms with van der Waals surface area (Å²) in [5, 5.41) is 0. The number of rotatable bonds is 6. The maximum atomic E-state index is 2.75. The molecule has 0 aromatic rings. The standard InChI is InChI=1S/C45H76/c1-7-43(5,8-2)31-25-32(44(6,9-3)10-4)28-45(27-31)39-23-20-30-16-12-14-18-34(30)41(39)42-38-26-37-33-17-13-11-15-29(33)19-21-35(37)36(38)22-24-40(42)45/h29-42H,7-28H2,1-6H3. The Kier molecular flexibility index (Phi) is 8.66. The minimum atomic E-state index is 0.541. The Bertz CT molecular complexity index is 1000. The molecule has 14 unspecified atom stereocenters. The van der Waals surface area contributed by atoms with Crippen LogP contribution in [-0.2, 0) is 0 Å². The molecule has 8 aliphatic carbocycles. The fourth-order valence-electron chi connectivity index (χ4n) is 17.1. The number of fused-ring (bicyclic) bond motifs is 13. The third kappa shape index (κ3) is 4.81. The second-order valence-electron chi connectivity index (χ2n) is 20.4. The molecule has 1 spiro atoms. The summed E-state index contributed by atoms with van der Waals surface area (Å²) in [6.45, 7) is 15.8. The maximum absolute atomic E-state index is 2.75. The van der Waals surface area contributed by atoms with Crippen molar-refractivity contribution in [1.29, 1.82) is 0 Å². The highest BCUT2D eigenvalue weighted by Gasteiger charge is 2.70. The summed E-state index contributed by atoms with van der Waals surface area (Å²) in [5.74, 6) is 15.3. The first-order chi connectivity index (χ1) is 21.8. The van der Waals surface area contributed by atoms with Gasteiger partial charge in [-0.05, 0) is 176 Å². The van der Waals surface area contributed by atoms with Crippen LogP contribution in [0.2, 0.25) is 0 Å². The lowest BCUT2D eigenvalue weighted by atomic mass is 9.46. The van der Waals surface area contributed by atoms with Crippen LogP contribution in [0.5, 0.6) is 0 Å². The van der Waals surface area contributed by atoms with Gasteiger partial charge in [-0.15, -0.1) is 0 Å². The van der Waals surface area contributed by atoms with Crippen LogP contribution >= 0.6 is 0 Å². The molecule has 8 rings (SSSR count). The van der Waals surface area contributed by atoms with Crippen LogP contribution in [0.3, 0.4) is 0 Å². The van der Waals surface area contributed by atoms with Crippen molar-refractivity contribution in [2.24, 2.45) is 99.1 Å². The van der Waals surface area contributed by atoms with Crippen molar-refractivity contribution in [2.75, 3.05) is 0 Å². The average molecular weight is 617 g/mol. The zero-order valence-electron chi connectivity index (χ0n) is 31.1. The first-order valence-electron chi connectivity index (χ1n) is 21.8. The Labute approximate surface area is 281 Å². The Hall–Kier alpha value is 0. The van der Waals surface area contributed by atoms with E-state index in [0.29, 0.717) is 16.2 Å². The van der Waals surface area contributed by atoms with Gasteiger partial charge in [0, 0.05) is 0 Å². The first kappa shape index (κ1) is 32.2. The van der Waals surface area contributed by atoms with Gasteiger partial charge in [0.05, 0.1) is 0 Å². The topological polar surface area (TPSA) is 0 Å². The molecule has 0 aromatic heterocycles. The van der Waals surface area contributed by atoms with E-state index in [1.54, 1.807) is 116 Å². The van der Waals surface area contributed by atoms with Gasteiger partial charge < -0.3 is 0 Å². The van der Waals surface area contributed by atoms with Crippen LogP contribution in [0.4, 0.5) is 0 Å². The van der Waals surface area contributed by atoms with Crippen LogP contribution < -0.4 is 0 Å². The monoisotopic (exact) mass is 617 g/mol. The third-order valence-electron chi connectivity index (χ3n) is 20.1. The summed E-state index contributed by atoms with van der Waals surface area (Å²) in [4.78, 5) is 0. The van der Waals surface area contributed by atoms with E-state index >= 15 is 0 Å². The van der Waals surface area contributed by atoms with Gasteiger partial charge in [-0.25, -0.2) is 0 Å². The van der Waals surface area contributed by atoms with Crippen molar-refractivity contribution in [1.82, 2.24) is 0 Å². The smallest absolute Gasteiger partial charge is 0.0230 e. The number of hydrogen-bond donors (Lipinski definition) is 0. The molecular formula is C45H76. The zero-order valence-corrected chi connectivity index (χ0v) is 31.1. The Morgan fingerprint density at radius 1 is 0.444 bits per heavy atom. The second-order valence-corrected chi connectivity index (χ2v) is 20.4. The van der Waals surface area contributed by atoms with Gasteiger partial charge in [-0.2, -0.15) is 0 Å². The fourth-order valence-corrected chi connectivity index (χ4v) is 17.1. The van der Waals surface area contributed by atoms with E-state index in [1.807, 2.05) is 0 Å². The summed E-state index contributed by atoms with van der Waals surface area (Å²) < 4.78 is 0. The second kappa shape index (κ2) is 12.1. The number of hydrogen-bond acceptors (Lipinski definition) is 0. The molecule has 45 heavy (non-hydrogen) atoms. The molecule has 8 aliphatic rings. The highest BCUT2D eigenvalue weighted by molar-refractivity contribution is 5.18. The van der Waals surface area contributed by atoms with Crippen LogP contribution in [0, 0.1) is 99.1 Å². The quantitative estimate of drug-likeness (QED) is 0.278. The van der Waals surface area contributed by atoms with Gasteiger partial charge in [-0.3, -0.25) is 0 Å². The summed E-state index contributed by atoms with van der Waals surface area (Å²) in [6, 6.07) is 0. The largest absolute Gasteiger partial charge is 0.0649 e. The normalized spacial score (nSPS) is 51.1. The van der Waals surface area contributed by atoms with Gasteiger partial charge in [-0.1, -0.05) is 106 Å². The lowest BCUT2D eigenvalue weighted by Crippen LogP contribution is -2.50. The van der Waals surface area contributed by atoms with E-state index in [-0.39, 0.29) is 0 Å². The third-order valence-corrected chi connectivity index (χ3v) is 20.1. The molecule has 256 valence electrons. The highest BCUT2D eigenvalue weighted by Crippen LogP contribution is 2.77. The minimum absolute atomic E-state index is 0.541. The van der Waals surface area contributed by atoms with Crippen molar-refractivity contribution >= 4 is 0 Å². The zero-order chi connectivity index (χ0) is 31.1. The van der Waals surface area contributed by atoms with Crippen molar-refractivity contribution < 1.29 is 0 Å². The van der Waals surface area contributed by atoms with Crippen LogP contribution in [0.25, 0.3) is 0 Å². The van der Waals surface area contributed by atoms with Crippen molar-refractivity contribution in [3.63, 3.8) is 0 Å². The van der Waals surface area contributed by atoms with E-state index in [4.69, 9.17) is 0 Å². The molecule has 0 radical (unpaired) electrons. The minimum Gasteiger partial charge on any atom is -0.0649 e. The summed E-state index contributed by atoms with van der Waals surface area (Å²) >= 11 is 0. The Morgan fingerprint density at radius 3 is 1.53 bits per heavy atom. The summed E-state index contributed by atoms with van der Waals surface area (Å²) in [7, 11) is 0. The molecule has 8 fully saturated rings. The molecule has 0 aromatic carbocycles. The lowest BCUT2D eigenvalue weighted by Gasteiger charge is -2.58. The van der Waals surface area contributed by atoms with Gasteiger partial charge >= 0.3 is 0 Å². The van der Waals surface area contributed by atoms with E-state index in [9.17, 15) is 0 Å². The molecule has 0 aliphatic heterocycles. The summed E-state index contributed by atoms with van der Waals surface area (Å²) in [5.41, 5.74) is 1.76.